The first kappa shape index (κ1) is 13.8. The number of amides is 1. The normalized spacial score (nSPS) is 19.1. The second kappa shape index (κ2) is 6.01. The van der Waals surface area contributed by atoms with E-state index in [1.807, 2.05) is 4.90 Å². The van der Waals surface area contributed by atoms with Gasteiger partial charge >= 0.3 is 0 Å². The lowest BCUT2D eigenvalue weighted by atomic mass is 9.97. The van der Waals surface area contributed by atoms with Crippen molar-refractivity contribution in [1.29, 1.82) is 0 Å². The molecule has 2 N–H and O–H groups in total. The molecule has 2 rings (SSSR count). The maximum absolute atomic E-state index is 11.7. The summed E-state index contributed by atoms with van der Waals surface area (Å²) in [5.41, 5.74) is 0. The van der Waals surface area contributed by atoms with Crippen LogP contribution in [0.15, 0.2) is 0 Å². The summed E-state index contributed by atoms with van der Waals surface area (Å²) in [4.78, 5) is 26.0. The zero-order valence-corrected chi connectivity index (χ0v) is 11.7. The van der Waals surface area contributed by atoms with Crippen molar-refractivity contribution in [1.82, 2.24) is 20.3 Å². The summed E-state index contributed by atoms with van der Waals surface area (Å²) in [6, 6.07) is 0. The highest BCUT2D eigenvalue weighted by Gasteiger charge is 2.26. The Hall–Kier alpha value is -1.63. The van der Waals surface area contributed by atoms with Crippen molar-refractivity contribution >= 4 is 29.4 Å². The Morgan fingerprint density at radius 2 is 2.16 bits per heavy atom. The maximum Gasteiger partial charge on any atom is 0.231 e. The molecule has 1 atom stereocenters. The lowest BCUT2D eigenvalue weighted by molar-refractivity contribution is -0.124. The van der Waals surface area contributed by atoms with E-state index in [0.29, 0.717) is 18.4 Å². The molecule has 1 aliphatic heterocycles. The third kappa shape index (κ3) is 3.23. The van der Waals surface area contributed by atoms with Gasteiger partial charge in [-0.25, -0.2) is 0 Å². The third-order valence-corrected chi connectivity index (χ3v) is 3.31. The molecule has 8 heteroatoms. The number of hydrogen-bond donors (Lipinski definition) is 2. The van der Waals surface area contributed by atoms with Gasteiger partial charge in [-0.3, -0.25) is 4.79 Å². The molecule has 0 radical (unpaired) electrons. The van der Waals surface area contributed by atoms with E-state index >= 15 is 0 Å². The monoisotopic (exact) mass is 284 g/mol. The largest absolute Gasteiger partial charge is 0.359 e. The molecule has 1 aromatic heterocycles. The number of carbonyl (C=O) groups is 1. The number of aromatic nitrogens is 3. The van der Waals surface area contributed by atoms with Gasteiger partial charge in [0.1, 0.15) is 0 Å². The van der Waals surface area contributed by atoms with Crippen LogP contribution in [0, 0.1) is 5.92 Å². The summed E-state index contributed by atoms with van der Waals surface area (Å²) in [7, 11) is 3.37. The van der Waals surface area contributed by atoms with Crippen LogP contribution in [-0.2, 0) is 4.79 Å². The van der Waals surface area contributed by atoms with Crippen LogP contribution >= 0.6 is 11.6 Å². The molecular formula is C11H17ClN6O. The molecule has 0 aliphatic carbocycles. The molecule has 1 aromatic rings. The van der Waals surface area contributed by atoms with Gasteiger partial charge in [0.2, 0.25) is 23.1 Å². The second-order valence-electron chi connectivity index (χ2n) is 4.38. The van der Waals surface area contributed by atoms with E-state index in [1.54, 1.807) is 14.1 Å². The van der Waals surface area contributed by atoms with Crippen LogP contribution in [0.2, 0.25) is 5.28 Å². The van der Waals surface area contributed by atoms with Gasteiger partial charge in [-0.05, 0) is 24.4 Å². The fourth-order valence-corrected chi connectivity index (χ4v) is 2.33. The van der Waals surface area contributed by atoms with Gasteiger partial charge in [0, 0.05) is 27.2 Å². The Labute approximate surface area is 116 Å². The number of halogens is 1. The highest BCUT2D eigenvalue weighted by molar-refractivity contribution is 6.28. The van der Waals surface area contributed by atoms with Crippen LogP contribution in [0.3, 0.4) is 0 Å². The minimum atomic E-state index is -0.0349. The zero-order chi connectivity index (χ0) is 13.8. The molecule has 0 aromatic carbocycles. The highest BCUT2D eigenvalue weighted by atomic mass is 35.5. The van der Waals surface area contributed by atoms with Crippen LogP contribution in [0.4, 0.5) is 11.9 Å². The zero-order valence-electron chi connectivity index (χ0n) is 11.0. The molecule has 1 amide bonds. The molecule has 1 aliphatic rings. The molecule has 19 heavy (non-hydrogen) atoms. The van der Waals surface area contributed by atoms with Crippen LogP contribution in [0.1, 0.15) is 12.8 Å². The Kier molecular flexibility index (Phi) is 4.36. The van der Waals surface area contributed by atoms with E-state index in [1.165, 1.54) is 0 Å². The van der Waals surface area contributed by atoms with Gasteiger partial charge in [-0.1, -0.05) is 0 Å². The van der Waals surface area contributed by atoms with E-state index in [2.05, 4.69) is 25.6 Å². The summed E-state index contributed by atoms with van der Waals surface area (Å²) < 4.78 is 0. The first-order chi connectivity index (χ1) is 9.13. The van der Waals surface area contributed by atoms with Crippen LogP contribution in [0.5, 0.6) is 0 Å². The van der Waals surface area contributed by atoms with Gasteiger partial charge in [-0.2, -0.15) is 15.0 Å². The number of hydrogen-bond acceptors (Lipinski definition) is 6. The van der Waals surface area contributed by atoms with Gasteiger partial charge < -0.3 is 15.5 Å². The lowest BCUT2D eigenvalue weighted by Crippen LogP contribution is -2.43. The topological polar surface area (TPSA) is 83.0 Å². The summed E-state index contributed by atoms with van der Waals surface area (Å²) >= 11 is 5.87. The summed E-state index contributed by atoms with van der Waals surface area (Å²) in [6.45, 7) is 1.42. The van der Waals surface area contributed by atoms with Crippen molar-refractivity contribution in [3.05, 3.63) is 5.28 Å². The summed E-state index contributed by atoms with van der Waals surface area (Å²) in [5.74, 6) is 0.959. The van der Waals surface area contributed by atoms with E-state index in [4.69, 9.17) is 11.6 Å². The number of nitrogens with zero attached hydrogens (tertiary/aromatic N) is 4. The van der Waals surface area contributed by atoms with Crippen molar-refractivity contribution < 1.29 is 4.79 Å². The number of carbonyl (C=O) groups excluding carboxylic acids is 1. The molecule has 7 nitrogen and oxygen atoms in total. The van der Waals surface area contributed by atoms with E-state index in [9.17, 15) is 4.79 Å². The van der Waals surface area contributed by atoms with Gasteiger partial charge in [-0.15, -0.1) is 0 Å². The fraction of sp³-hybridized carbons (Fsp3) is 0.636. The van der Waals surface area contributed by atoms with E-state index < -0.39 is 0 Å². The standard InChI is InChI=1S/C11H17ClN6O/c1-13-8(19)7-4-3-5-18(6-7)11-16-9(12)15-10(14-2)17-11/h7H,3-6H2,1-2H3,(H,13,19)(H,14,15,16,17). The van der Waals surface area contributed by atoms with Crippen LogP contribution in [-0.4, -0.2) is 48.0 Å². The summed E-state index contributed by atoms with van der Waals surface area (Å²) in [5, 5.41) is 5.67. The predicted octanol–water partition coefficient (Wildman–Crippen LogP) is 0.529. The molecule has 1 fully saturated rings. The lowest BCUT2D eigenvalue weighted by Gasteiger charge is -2.31. The van der Waals surface area contributed by atoms with E-state index in [0.717, 1.165) is 19.4 Å². The van der Waals surface area contributed by atoms with Crippen molar-refractivity contribution in [3.8, 4) is 0 Å². The minimum Gasteiger partial charge on any atom is -0.359 e. The van der Waals surface area contributed by atoms with Gasteiger partial charge in [0.05, 0.1) is 5.92 Å². The minimum absolute atomic E-state index is 0.0349. The van der Waals surface area contributed by atoms with E-state index in [-0.39, 0.29) is 17.1 Å². The molecule has 2 heterocycles. The SMILES string of the molecule is CNC(=O)C1CCCN(c2nc(Cl)nc(NC)n2)C1. The van der Waals surface area contributed by atoms with Crippen molar-refractivity contribution in [3.63, 3.8) is 0 Å². The summed E-state index contributed by atoms with van der Waals surface area (Å²) in [6.07, 6.45) is 1.81. The molecule has 0 spiro atoms. The van der Waals surface area contributed by atoms with Crippen molar-refractivity contribution in [2.24, 2.45) is 5.92 Å². The molecule has 1 saturated heterocycles. The average Bonchev–Trinajstić information content (AvgIpc) is 2.45. The Balaban J connectivity index is 2.17. The van der Waals surface area contributed by atoms with Crippen LogP contribution < -0.4 is 15.5 Å². The Morgan fingerprint density at radius 1 is 1.37 bits per heavy atom. The molecular weight excluding hydrogens is 268 g/mol. The van der Waals surface area contributed by atoms with Crippen molar-refractivity contribution in [2.75, 3.05) is 37.4 Å². The Bertz CT molecular complexity index is 468. The predicted molar refractivity (Wildman–Crippen MR) is 73.4 cm³/mol. The molecule has 104 valence electrons. The van der Waals surface area contributed by atoms with Crippen molar-refractivity contribution in [2.45, 2.75) is 12.8 Å². The molecule has 1 unspecified atom stereocenters. The smallest absolute Gasteiger partial charge is 0.231 e. The number of nitrogens with one attached hydrogen (secondary N) is 2. The number of anilines is 2. The van der Waals surface area contributed by atoms with Gasteiger partial charge in [0.15, 0.2) is 0 Å². The second-order valence-corrected chi connectivity index (χ2v) is 4.72. The number of piperidine rings is 1. The third-order valence-electron chi connectivity index (χ3n) is 3.14. The quantitative estimate of drug-likeness (QED) is 0.842. The highest BCUT2D eigenvalue weighted by Crippen LogP contribution is 2.22. The maximum atomic E-state index is 11.7. The molecule has 0 saturated carbocycles. The Morgan fingerprint density at radius 3 is 2.84 bits per heavy atom. The van der Waals surface area contributed by atoms with Gasteiger partial charge in [0.25, 0.3) is 0 Å². The van der Waals surface area contributed by atoms with Crippen LogP contribution in [0.25, 0.3) is 0 Å². The first-order valence-corrected chi connectivity index (χ1v) is 6.57. The number of rotatable bonds is 3. The average molecular weight is 285 g/mol. The fourth-order valence-electron chi connectivity index (χ4n) is 2.17. The first-order valence-electron chi connectivity index (χ1n) is 6.20. The molecule has 0 bridgehead atoms.